The predicted molar refractivity (Wildman–Crippen MR) is 198 cm³/mol. The molecule has 2 amide bonds. The molecule has 0 bridgehead atoms. The van der Waals surface area contributed by atoms with Crippen LogP contribution in [0.5, 0.6) is 0 Å². The molecule has 0 saturated carbocycles. The highest BCUT2D eigenvalue weighted by atomic mass is 33.1. The Morgan fingerprint density at radius 2 is 1.88 bits per heavy atom. The van der Waals surface area contributed by atoms with Crippen LogP contribution in [0.3, 0.4) is 0 Å². The van der Waals surface area contributed by atoms with E-state index in [9.17, 15) is 33.9 Å². The van der Waals surface area contributed by atoms with Crippen LogP contribution in [-0.4, -0.2) is 87.9 Å². The van der Waals surface area contributed by atoms with Crippen molar-refractivity contribution in [2.24, 2.45) is 5.73 Å². The van der Waals surface area contributed by atoms with Crippen LogP contribution in [-0.2, 0) is 30.5 Å². The van der Waals surface area contributed by atoms with Gasteiger partial charge in [-0.2, -0.15) is 0 Å². The van der Waals surface area contributed by atoms with Gasteiger partial charge in [0.2, 0.25) is 11.9 Å². The molecule has 1 heterocycles. The van der Waals surface area contributed by atoms with Gasteiger partial charge in [-0.25, -0.2) is 9.78 Å². The number of aromatic nitrogens is 2. The van der Waals surface area contributed by atoms with Crippen molar-refractivity contribution in [1.29, 1.82) is 0 Å². The van der Waals surface area contributed by atoms with Gasteiger partial charge in [-0.05, 0) is 61.7 Å². The summed E-state index contributed by atoms with van der Waals surface area (Å²) in [7, 11) is 2.49. The van der Waals surface area contributed by atoms with E-state index < -0.39 is 29.9 Å². The number of nitrogen functional groups attached to an aromatic ring is 1. The molecule has 1 aromatic heterocycles. The van der Waals surface area contributed by atoms with Crippen LogP contribution >= 0.6 is 21.6 Å². The number of benzene rings is 2. The van der Waals surface area contributed by atoms with Crippen LogP contribution in [0, 0.1) is 12.3 Å². The number of rotatable bonds is 21. The fourth-order valence-corrected chi connectivity index (χ4v) is 6.66. The molecule has 0 spiro atoms. The van der Waals surface area contributed by atoms with Crippen LogP contribution in [0.1, 0.15) is 48.5 Å². The van der Waals surface area contributed by atoms with Crippen molar-refractivity contribution < 1.29 is 33.8 Å². The van der Waals surface area contributed by atoms with Crippen LogP contribution in [0.4, 0.5) is 11.6 Å². The summed E-state index contributed by atoms with van der Waals surface area (Å²) >= 11 is 0. The number of aliphatic carboxylic acids is 1. The number of hydrogen-bond donors (Lipinski definition) is 6. The van der Waals surface area contributed by atoms with E-state index in [1.54, 1.807) is 43.3 Å². The monoisotopic (exact) mass is 739 g/mol. The van der Waals surface area contributed by atoms with Gasteiger partial charge in [0.25, 0.3) is 11.5 Å². The van der Waals surface area contributed by atoms with Crippen molar-refractivity contribution in [3.05, 3.63) is 63.9 Å². The Morgan fingerprint density at radius 3 is 2.57 bits per heavy atom. The Labute approximate surface area is 302 Å². The average molecular weight is 740 g/mol. The highest BCUT2D eigenvalue weighted by Crippen LogP contribution is 2.22. The molecule has 0 aliphatic carbocycles. The minimum atomic E-state index is -1.21. The highest BCUT2D eigenvalue weighted by Gasteiger charge is 2.23. The number of ether oxygens (including phenoxy) is 1. The molecule has 8 N–H and O–H groups in total. The zero-order valence-corrected chi connectivity index (χ0v) is 29.6. The maximum Gasteiger partial charge on any atom is 0.327 e. The lowest BCUT2D eigenvalue weighted by Gasteiger charge is -2.23. The molecule has 0 fully saturated rings. The number of carbonyl (C=O) groups is 5. The molecule has 51 heavy (non-hydrogen) atoms. The number of hydrogen-bond acceptors (Lipinski definition) is 13. The number of nitrogens with two attached hydrogens (primary N) is 2. The third kappa shape index (κ3) is 13.3. The van der Waals surface area contributed by atoms with Crippen LogP contribution in [0.2, 0.25) is 0 Å². The second kappa shape index (κ2) is 20.6. The Morgan fingerprint density at radius 1 is 1.14 bits per heavy atom. The maximum absolute atomic E-state index is 12.9. The molecule has 0 saturated heterocycles. The molecule has 3 atom stereocenters. The van der Waals surface area contributed by atoms with Gasteiger partial charge in [-0.15, -0.1) is 6.42 Å². The van der Waals surface area contributed by atoms with E-state index >= 15 is 0 Å². The van der Waals surface area contributed by atoms with Crippen molar-refractivity contribution in [3.63, 3.8) is 0 Å². The number of aromatic amines is 1. The number of carbonyl (C=O) groups excluding carboxylic acids is 4. The smallest absolute Gasteiger partial charge is 0.327 e. The largest absolute Gasteiger partial charge is 0.480 e. The number of fused-ring (bicyclic) bond motifs is 1. The zero-order chi connectivity index (χ0) is 37.3. The fraction of sp³-hybridized carbons (Fsp3) is 0.382. The van der Waals surface area contributed by atoms with Crippen molar-refractivity contribution in [2.75, 3.05) is 35.3 Å². The van der Waals surface area contributed by atoms with Gasteiger partial charge in [0, 0.05) is 48.2 Å². The number of nitrogens with one attached hydrogen (secondary N) is 3. The topological polar surface area (TPSA) is 240 Å². The number of esters is 1. The number of nitrogens with zero attached hydrogens (tertiary/aromatic N) is 2. The van der Waals surface area contributed by atoms with Gasteiger partial charge in [0.15, 0.2) is 0 Å². The molecule has 2 aromatic carbocycles. The van der Waals surface area contributed by atoms with Crippen molar-refractivity contribution in [2.45, 2.75) is 57.3 Å². The number of terminal acetylenes is 1. The summed E-state index contributed by atoms with van der Waals surface area (Å²) in [6, 6.07) is 9.79. The third-order valence-corrected chi connectivity index (χ3v) is 9.77. The van der Waals surface area contributed by atoms with Gasteiger partial charge >= 0.3 is 11.9 Å². The van der Waals surface area contributed by atoms with E-state index in [1.165, 1.54) is 21.6 Å². The maximum atomic E-state index is 12.9. The predicted octanol–water partition coefficient (Wildman–Crippen LogP) is 1.84. The lowest BCUT2D eigenvalue weighted by Crippen LogP contribution is -2.49. The standard InChI is InChI=1S/C34H41N7O8S2/c1-3-14-41(19-22-7-12-27-25(18-22)31(45)40-34(36)39-27)24-10-8-23(9-11-24)30(44)37-21(2)6-13-29(43)49-16-17-50-51-20-28(33(47)48)38-32(46)26(35)5-4-15-42/h1,7-12,15,18,21,26,28H,4-6,13-14,16-17,19-20,35H2,2H3,(H,37,44)(H,38,46)(H,47,48)(H3,36,39,40,45)/t21-,26+,28+/m1/s1. The number of carboxylic acids is 1. The SMILES string of the molecule is C#CCN(Cc1ccc2nc(N)[nH]c(=O)c2c1)c1ccc(C(=O)N[C@H](C)CCC(=O)OCCSSC[C@H](NC(=O)[C@@H](N)CCC=O)C(=O)O)cc1. The summed E-state index contributed by atoms with van der Waals surface area (Å²) in [6.07, 6.45) is 6.92. The molecule has 3 rings (SSSR count). The van der Waals surface area contributed by atoms with E-state index in [4.69, 9.17) is 22.6 Å². The minimum Gasteiger partial charge on any atom is -0.480 e. The molecule has 3 aromatic rings. The van der Waals surface area contributed by atoms with E-state index in [0.717, 1.165) is 11.3 Å². The summed E-state index contributed by atoms with van der Waals surface area (Å²) in [5.74, 6) is 0.540. The molecule has 17 heteroatoms. The number of aldehydes is 1. The molecule has 0 unspecified atom stereocenters. The van der Waals surface area contributed by atoms with E-state index in [0.29, 0.717) is 41.5 Å². The number of carboxylic acid groups (broad SMARTS) is 1. The number of H-pyrrole nitrogens is 1. The molecule has 272 valence electrons. The number of amides is 2. The summed E-state index contributed by atoms with van der Waals surface area (Å²) in [4.78, 5) is 79.9. The van der Waals surface area contributed by atoms with Crippen molar-refractivity contribution in [1.82, 2.24) is 20.6 Å². The summed E-state index contributed by atoms with van der Waals surface area (Å²) < 4.78 is 5.24. The van der Waals surface area contributed by atoms with Crippen LogP contribution in [0.25, 0.3) is 10.9 Å². The Balaban J connectivity index is 1.38. The third-order valence-electron chi connectivity index (χ3n) is 7.39. The fourth-order valence-electron chi connectivity index (χ4n) is 4.68. The van der Waals surface area contributed by atoms with E-state index in [1.807, 2.05) is 11.0 Å². The Bertz CT molecular complexity index is 1780. The molecule has 15 nitrogen and oxygen atoms in total. The van der Waals surface area contributed by atoms with Gasteiger partial charge in [-0.1, -0.05) is 33.6 Å². The first kappa shape index (κ1) is 40.4. The Hall–Kier alpha value is -5.05. The highest BCUT2D eigenvalue weighted by molar-refractivity contribution is 8.76. The first-order valence-corrected chi connectivity index (χ1v) is 18.4. The second-order valence-corrected chi connectivity index (χ2v) is 14.0. The van der Waals surface area contributed by atoms with Gasteiger partial charge in [0.1, 0.15) is 18.9 Å². The Kier molecular flexibility index (Phi) is 16.3. The first-order valence-electron chi connectivity index (χ1n) is 15.9. The molecule has 0 aliphatic heterocycles. The summed E-state index contributed by atoms with van der Waals surface area (Å²) in [5.41, 5.74) is 13.5. The summed E-state index contributed by atoms with van der Waals surface area (Å²) in [6.45, 7) is 2.58. The molecule has 0 aliphatic rings. The van der Waals surface area contributed by atoms with E-state index in [2.05, 4.69) is 26.5 Å². The lowest BCUT2D eigenvalue weighted by molar-refractivity contribution is -0.143. The summed E-state index contributed by atoms with van der Waals surface area (Å²) in [5, 5.41) is 15.0. The first-order chi connectivity index (χ1) is 24.4. The van der Waals surface area contributed by atoms with Gasteiger partial charge in [-0.3, -0.25) is 24.2 Å². The second-order valence-electron chi connectivity index (χ2n) is 11.4. The normalized spacial score (nSPS) is 12.6. The van der Waals surface area contributed by atoms with E-state index in [-0.39, 0.29) is 61.6 Å². The van der Waals surface area contributed by atoms with Gasteiger partial charge < -0.3 is 41.6 Å². The zero-order valence-electron chi connectivity index (χ0n) is 28.0. The van der Waals surface area contributed by atoms with Gasteiger partial charge in [0.05, 0.1) is 23.5 Å². The molecule has 0 radical (unpaired) electrons. The van der Waals surface area contributed by atoms with Crippen LogP contribution in [0.15, 0.2) is 47.3 Å². The minimum absolute atomic E-state index is 0.0435. The van der Waals surface area contributed by atoms with Crippen molar-refractivity contribution >= 4 is 74.2 Å². The molecular formula is C34H41N7O8S2. The average Bonchev–Trinajstić information content (AvgIpc) is 3.10. The van der Waals surface area contributed by atoms with Crippen molar-refractivity contribution in [3.8, 4) is 12.3 Å². The number of anilines is 2. The van der Waals surface area contributed by atoms with Crippen LogP contribution < -0.4 is 32.6 Å². The molecular weight excluding hydrogens is 699 g/mol. The quantitative estimate of drug-likeness (QED) is 0.0301. The lowest BCUT2D eigenvalue weighted by atomic mass is 10.1.